The minimum atomic E-state index is -3.92. The Morgan fingerprint density at radius 3 is 2.35 bits per heavy atom. The van der Waals surface area contributed by atoms with E-state index in [1.165, 1.54) is 0 Å². The molecule has 0 bridgehead atoms. The van der Waals surface area contributed by atoms with E-state index in [9.17, 15) is 13.2 Å². The molecule has 0 aromatic heterocycles. The summed E-state index contributed by atoms with van der Waals surface area (Å²) in [5.41, 5.74) is 0.289. The summed E-state index contributed by atoms with van der Waals surface area (Å²) in [4.78, 5) is 14.2. The second-order valence-electron chi connectivity index (χ2n) is 6.39. The lowest BCUT2D eigenvalue weighted by molar-refractivity contribution is 0.0508. The Balaban J connectivity index is 1.94. The van der Waals surface area contributed by atoms with Crippen LogP contribution in [0.4, 0.5) is 5.69 Å². The number of rotatable bonds is 3. The highest BCUT2D eigenvalue weighted by Crippen LogP contribution is 2.40. The van der Waals surface area contributed by atoms with Crippen LogP contribution in [0.3, 0.4) is 0 Å². The number of hydrogen-bond acceptors (Lipinski definition) is 5. The van der Waals surface area contributed by atoms with Gasteiger partial charge in [-0.1, -0.05) is 42.5 Å². The molecule has 0 radical (unpaired) electrons. The molecule has 132 valence electrons. The third-order valence-electron chi connectivity index (χ3n) is 4.58. The summed E-state index contributed by atoms with van der Waals surface area (Å²) in [5.74, 6) is -0.608. The lowest BCUT2D eigenvalue weighted by Gasteiger charge is -2.18. The molecule has 1 unspecified atom stereocenters. The molecule has 0 amide bonds. The molecule has 4 rings (SSSR count). The molecule has 3 aromatic carbocycles. The molecule has 3 aromatic rings. The number of anilines is 1. The molecule has 0 spiro atoms. The van der Waals surface area contributed by atoms with E-state index in [-0.39, 0.29) is 4.90 Å². The molecule has 6 heteroatoms. The van der Waals surface area contributed by atoms with Gasteiger partial charge in [-0.25, -0.2) is 13.2 Å². The first-order valence-electron chi connectivity index (χ1n) is 8.14. The molecule has 0 N–H and O–H groups in total. The van der Waals surface area contributed by atoms with Crippen LogP contribution in [0.15, 0.2) is 65.6 Å². The van der Waals surface area contributed by atoms with Gasteiger partial charge in [0.2, 0.25) is 15.3 Å². The van der Waals surface area contributed by atoms with Gasteiger partial charge in [0.15, 0.2) is 0 Å². The van der Waals surface area contributed by atoms with Crippen LogP contribution in [0.2, 0.25) is 0 Å². The maximum absolute atomic E-state index is 13.3. The Labute approximate surface area is 151 Å². The van der Waals surface area contributed by atoms with Gasteiger partial charge in [-0.2, -0.15) is 0 Å². The summed E-state index contributed by atoms with van der Waals surface area (Å²) in [6, 6.07) is 17.3. The van der Waals surface area contributed by atoms with Crippen LogP contribution in [-0.2, 0) is 14.6 Å². The Hall–Kier alpha value is -2.86. The molecule has 0 saturated heterocycles. The van der Waals surface area contributed by atoms with Crippen molar-refractivity contribution in [2.24, 2.45) is 0 Å². The molecule has 5 nitrogen and oxygen atoms in total. The molecule has 0 aliphatic carbocycles. The predicted octanol–water partition coefficient (Wildman–Crippen LogP) is 3.55. The predicted molar refractivity (Wildman–Crippen MR) is 100 cm³/mol. The highest BCUT2D eigenvalue weighted by molar-refractivity contribution is 7.91. The monoisotopic (exact) mass is 367 g/mol. The van der Waals surface area contributed by atoms with Crippen LogP contribution in [0, 0.1) is 0 Å². The number of hydrogen-bond donors (Lipinski definition) is 0. The molecule has 1 aliphatic rings. The maximum atomic E-state index is 13.3. The van der Waals surface area contributed by atoms with E-state index in [4.69, 9.17) is 4.74 Å². The molecular weight excluding hydrogens is 350 g/mol. The summed E-state index contributed by atoms with van der Waals surface area (Å²) in [5, 5.41) is 1.44. The van der Waals surface area contributed by atoms with Crippen molar-refractivity contribution in [1.82, 2.24) is 0 Å². The van der Waals surface area contributed by atoms with Crippen molar-refractivity contribution < 1.29 is 17.9 Å². The van der Waals surface area contributed by atoms with Crippen molar-refractivity contribution in [1.29, 1.82) is 0 Å². The third-order valence-corrected chi connectivity index (χ3v) is 6.46. The molecular formula is C20H17NO4S. The topological polar surface area (TPSA) is 63.7 Å². The minimum Gasteiger partial charge on any atom is -0.437 e. The average Bonchev–Trinajstić information content (AvgIpc) is 2.98. The van der Waals surface area contributed by atoms with Crippen molar-refractivity contribution in [3.8, 4) is 0 Å². The second-order valence-corrected chi connectivity index (χ2v) is 8.35. The first kappa shape index (κ1) is 16.6. The fourth-order valence-electron chi connectivity index (χ4n) is 3.36. The van der Waals surface area contributed by atoms with Crippen LogP contribution in [-0.4, -0.2) is 28.5 Å². The van der Waals surface area contributed by atoms with Crippen LogP contribution in [0.25, 0.3) is 10.8 Å². The van der Waals surface area contributed by atoms with Crippen LogP contribution in [0.5, 0.6) is 0 Å². The summed E-state index contributed by atoms with van der Waals surface area (Å²) in [6.07, 6.45) is 0. The van der Waals surface area contributed by atoms with Crippen molar-refractivity contribution in [3.63, 3.8) is 0 Å². The highest BCUT2D eigenvalue weighted by Gasteiger charge is 2.41. The fraction of sp³-hybridized carbons (Fsp3) is 0.150. The zero-order valence-electron chi connectivity index (χ0n) is 14.3. The van der Waals surface area contributed by atoms with E-state index >= 15 is 0 Å². The van der Waals surface area contributed by atoms with Gasteiger partial charge >= 0.3 is 5.97 Å². The Morgan fingerprint density at radius 1 is 0.885 bits per heavy atom. The molecule has 0 saturated carbocycles. The second kappa shape index (κ2) is 5.85. The summed E-state index contributed by atoms with van der Waals surface area (Å²) in [7, 11) is -0.100. The number of sulfone groups is 1. The fourth-order valence-corrected chi connectivity index (χ4v) is 5.10. The Kier molecular flexibility index (Phi) is 3.73. The van der Waals surface area contributed by atoms with Crippen molar-refractivity contribution in [2.75, 3.05) is 19.0 Å². The normalized spacial score (nSPS) is 16.4. The van der Waals surface area contributed by atoms with E-state index in [0.717, 1.165) is 11.1 Å². The van der Waals surface area contributed by atoms with E-state index in [0.29, 0.717) is 16.5 Å². The number of carbonyl (C=O) groups is 1. The summed E-state index contributed by atoms with van der Waals surface area (Å²) >= 11 is 0. The first-order valence-corrected chi connectivity index (χ1v) is 9.69. The summed E-state index contributed by atoms with van der Waals surface area (Å²) < 4.78 is 31.9. The average molecular weight is 367 g/mol. The van der Waals surface area contributed by atoms with Crippen molar-refractivity contribution in [3.05, 3.63) is 71.8 Å². The number of esters is 1. The van der Waals surface area contributed by atoms with Crippen molar-refractivity contribution in [2.45, 2.75) is 10.3 Å². The van der Waals surface area contributed by atoms with E-state index in [1.807, 2.05) is 37.2 Å². The molecule has 1 heterocycles. The van der Waals surface area contributed by atoms with Gasteiger partial charge in [-0.15, -0.1) is 0 Å². The van der Waals surface area contributed by atoms with Crippen LogP contribution >= 0.6 is 0 Å². The van der Waals surface area contributed by atoms with E-state index in [1.54, 1.807) is 42.5 Å². The quantitative estimate of drug-likeness (QED) is 0.663. The summed E-state index contributed by atoms with van der Waals surface area (Å²) in [6.45, 7) is 0. The van der Waals surface area contributed by atoms with Crippen LogP contribution < -0.4 is 4.90 Å². The smallest absolute Gasteiger partial charge is 0.340 e. The van der Waals surface area contributed by atoms with Gasteiger partial charge < -0.3 is 9.64 Å². The molecule has 1 atom stereocenters. The number of fused-ring (bicyclic) bond motifs is 2. The number of benzene rings is 3. The number of cyclic esters (lactones) is 1. The lowest BCUT2D eigenvalue weighted by Crippen LogP contribution is -2.15. The van der Waals surface area contributed by atoms with Crippen molar-refractivity contribution >= 4 is 32.3 Å². The first-order chi connectivity index (χ1) is 12.4. The SMILES string of the molecule is CN(C)c1cccc2c(S(=O)(=O)C3OC(=O)c4ccccc43)cccc12. The molecule has 26 heavy (non-hydrogen) atoms. The van der Waals surface area contributed by atoms with Gasteiger partial charge in [-0.3, -0.25) is 0 Å². The van der Waals surface area contributed by atoms with E-state index < -0.39 is 21.2 Å². The van der Waals surface area contributed by atoms with Gasteiger partial charge in [0.1, 0.15) is 0 Å². The standard InChI is InChI=1S/C20H17NO4S/c1-21(2)17-11-5-10-14-13(17)9-6-12-18(14)26(23,24)20-16-8-4-3-7-15(16)19(22)25-20/h3-12,20H,1-2H3. The zero-order valence-corrected chi connectivity index (χ0v) is 15.2. The Morgan fingerprint density at radius 2 is 1.58 bits per heavy atom. The maximum Gasteiger partial charge on any atom is 0.340 e. The van der Waals surface area contributed by atoms with E-state index in [2.05, 4.69) is 0 Å². The van der Waals surface area contributed by atoms with Gasteiger partial charge in [0, 0.05) is 36.1 Å². The molecule has 1 aliphatic heterocycles. The zero-order chi connectivity index (χ0) is 18.5. The van der Waals surface area contributed by atoms with Gasteiger partial charge in [0.05, 0.1) is 10.5 Å². The largest absolute Gasteiger partial charge is 0.437 e. The number of carbonyl (C=O) groups excluding carboxylic acids is 1. The van der Waals surface area contributed by atoms with Crippen LogP contribution in [0.1, 0.15) is 21.4 Å². The Bertz CT molecular complexity index is 1140. The van der Waals surface area contributed by atoms with Gasteiger partial charge in [-0.05, 0) is 18.2 Å². The highest BCUT2D eigenvalue weighted by atomic mass is 32.2. The third kappa shape index (κ3) is 2.37. The molecule has 0 fully saturated rings. The van der Waals surface area contributed by atoms with Gasteiger partial charge in [0.25, 0.3) is 0 Å². The minimum absolute atomic E-state index is 0.160. The number of nitrogens with zero attached hydrogens (tertiary/aromatic N) is 1. The lowest BCUT2D eigenvalue weighted by atomic mass is 10.1. The number of ether oxygens (including phenoxy) is 1.